The summed E-state index contributed by atoms with van der Waals surface area (Å²) in [4.78, 5) is 4.17. The van der Waals surface area contributed by atoms with Crippen LogP contribution in [-0.2, 0) is 0 Å². The summed E-state index contributed by atoms with van der Waals surface area (Å²) in [5.41, 5.74) is 6.25. The van der Waals surface area contributed by atoms with Crippen molar-refractivity contribution >= 4 is 49.9 Å². The molecule has 0 atom stereocenters. The fraction of sp³-hybridized carbons (Fsp3) is 0. The second kappa shape index (κ2) is 3.94. The average molecular weight is 269 g/mol. The molecule has 0 aliphatic heterocycles. The molecule has 0 saturated heterocycles. The van der Waals surface area contributed by atoms with Gasteiger partial charge in [0.15, 0.2) is 16.6 Å². The van der Waals surface area contributed by atoms with E-state index < -0.39 is 0 Å². The third-order valence-corrected chi connectivity index (χ3v) is 3.41. The maximum Gasteiger partial charge on any atom is 0.181 e. The summed E-state index contributed by atoms with van der Waals surface area (Å²) in [6, 6.07) is 7.23. The van der Waals surface area contributed by atoms with E-state index in [0.717, 1.165) is 16.7 Å². The Bertz CT molecular complexity index is 711. The molecule has 0 saturated carbocycles. The van der Waals surface area contributed by atoms with Crippen LogP contribution in [0.4, 0.5) is 5.13 Å². The van der Waals surface area contributed by atoms with Gasteiger partial charge in [0, 0.05) is 10.8 Å². The van der Waals surface area contributed by atoms with Gasteiger partial charge in [-0.3, -0.25) is 0 Å². The van der Waals surface area contributed by atoms with Gasteiger partial charge in [-0.15, -0.1) is 12.4 Å². The van der Waals surface area contributed by atoms with Crippen molar-refractivity contribution in [2.24, 2.45) is 0 Å². The molecule has 4 nitrogen and oxygen atoms in total. The number of fused-ring (bicyclic) bond motifs is 3. The normalized spacial score (nSPS) is 10.6. The molecule has 2 aromatic carbocycles. The molecule has 3 aromatic rings. The third kappa shape index (κ3) is 1.55. The fourth-order valence-electron chi connectivity index (χ4n) is 1.81. The van der Waals surface area contributed by atoms with Crippen molar-refractivity contribution in [3.63, 3.8) is 0 Å². The van der Waals surface area contributed by atoms with Crippen LogP contribution in [0.15, 0.2) is 24.3 Å². The molecule has 6 heteroatoms. The van der Waals surface area contributed by atoms with Gasteiger partial charge >= 0.3 is 0 Å². The van der Waals surface area contributed by atoms with Crippen LogP contribution < -0.4 is 5.73 Å². The number of phenols is 2. The summed E-state index contributed by atoms with van der Waals surface area (Å²) in [6.07, 6.45) is 0. The number of aromatic nitrogens is 1. The quantitative estimate of drug-likeness (QED) is 0.548. The van der Waals surface area contributed by atoms with Crippen molar-refractivity contribution in [1.82, 2.24) is 4.98 Å². The maximum absolute atomic E-state index is 9.85. The largest absolute Gasteiger partial charge is 0.504 e. The highest BCUT2D eigenvalue weighted by Gasteiger charge is 2.15. The summed E-state index contributed by atoms with van der Waals surface area (Å²) in [6.45, 7) is 0. The summed E-state index contributed by atoms with van der Waals surface area (Å²) in [7, 11) is 0. The van der Waals surface area contributed by atoms with Gasteiger partial charge in [-0.05, 0) is 0 Å². The van der Waals surface area contributed by atoms with Gasteiger partial charge < -0.3 is 15.9 Å². The molecule has 1 aromatic heterocycles. The van der Waals surface area contributed by atoms with E-state index in [-0.39, 0.29) is 23.9 Å². The lowest BCUT2D eigenvalue weighted by Crippen LogP contribution is -1.81. The highest BCUT2D eigenvalue weighted by molar-refractivity contribution is 7.22. The number of phenolic OH excluding ortho intramolecular Hbond substituents is 2. The number of aromatic hydroxyl groups is 2. The van der Waals surface area contributed by atoms with Crippen LogP contribution in [0, 0.1) is 0 Å². The first-order valence-corrected chi connectivity index (χ1v) is 5.49. The van der Waals surface area contributed by atoms with Gasteiger partial charge in [-0.25, -0.2) is 4.98 Å². The van der Waals surface area contributed by atoms with Crippen LogP contribution in [0.25, 0.3) is 21.0 Å². The lowest BCUT2D eigenvalue weighted by Gasteiger charge is -2.04. The number of nitrogen functional groups attached to an aromatic ring is 1. The summed E-state index contributed by atoms with van der Waals surface area (Å²) in [5, 5.41) is 21.4. The van der Waals surface area contributed by atoms with Gasteiger partial charge in [0.25, 0.3) is 0 Å². The van der Waals surface area contributed by atoms with E-state index in [1.807, 2.05) is 12.1 Å². The molecule has 3 rings (SSSR count). The third-order valence-electron chi connectivity index (χ3n) is 2.52. The van der Waals surface area contributed by atoms with E-state index in [0.29, 0.717) is 20.7 Å². The first kappa shape index (κ1) is 11.8. The van der Waals surface area contributed by atoms with Crippen LogP contribution in [0.2, 0.25) is 0 Å². The Balaban J connectivity index is 0.00000108. The number of hydrogen-bond acceptors (Lipinski definition) is 5. The van der Waals surface area contributed by atoms with Crippen LogP contribution >= 0.6 is 23.7 Å². The molecular formula is C11H9ClN2O2S. The Morgan fingerprint density at radius 2 is 1.71 bits per heavy atom. The Hall–Kier alpha value is -1.72. The molecule has 0 unspecified atom stereocenters. The minimum atomic E-state index is -0.150. The first-order chi connectivity index (χ1) is 7.68. The van der Waals surface area contributed by atoms with Crippen molar-refractivity contribution in [3.05, 3.63) is 24.3 Å². The van der Waals surface area contributed by atoms with E-state index in [9.17, 15) is 10.2 Å². The minimum absolute atomic E-state index is 0. The number of nitrogens with zero attached hydrogens (tertiary/aromatic N) is 1. The van der Waals surface area contributed by atoms with E-state index >= 15 is 0 Å². The fourth-order valence-corrected chi connectivity index (χ4v) is 2.60. The molecule has 0 radical (unpaired) electrons. The molecule has 1 heterocycles. The van der Waals surface area contributed by atoms with E-state index in [4.69, 9.17) is 5.73 Å². The number of thiazole rings is 1. The second-order valence-corrected chi connectivity index (χ2v) is 4.50. The van der Waals surface area contributed by atoms with Crippen molar-refractivity contribution in [2.75, 3.05) is 5.73 Å². The zero-order chi connectivity index (χ0) is 11.3. The van der Waals surface area contributed by atoms with Crippen LogP contribution in [-0.4, -0.2) is 15.2 Å². The maximum atomic E-state index is 9.85. The molecule has 17 heavy (non-hydrogen) atoms. The number of anilines is 1. The van der Waals surface area contributed by atoms with Gasteiger partial charge in [0.2, 0.25) is 0 Å². The first-order valence-electron chi connectivity index (χ1n) is 4.67. The van der Waals surface area contributed by atoms with E-state index in [1.54, 1.807) is 12.1 Å². The van der Waals surface area contributed by atoms with Crippen LogP contribution in [0.1, 0.15) is 0 Å². The number of rotatable bonds is 0. The smallest absolute Gasteiger partial charge is 0.181 e. The van der Waals surface area contributed by atoms with Crippen LogP contribution in [0.5, 0.6) is 11.5 Å². The average Bonchev–Trinajstić information content (AvgIpc) is 2.68. The number of hydrogen-bond donors (Lipinski definition) is 3. The molecule has 4 N–H and O–H groups in total. The predicted molar refractivity (Wildman–Crippen MR) is 72.1 cm³/mol. The van der Waals surface area contributed by atoms with Gasteiger partial charge in [-0.1, -0.05) is 35.6 Å². The number of nitrogens with two attached hydrogens (primary N) is 1. The molecule has 0 aliphatic rings. The SMILES string of the molecule is Cl.Nc1nc2c(s1)c(O)c(O)c1ccccc12. The topological polar surface area (TPSA) is 79.4 Å². The molecular weight excluding hydrogens is 260 g/mol. The highest BCUT2D eigenvalue weighted by Crippen LogP contribution is 2.44. The minimum Gasteiger partial charge on any atom is -0.504 e. The lowest BCUT2D eigenvalue weighted by atomic mass is 10.1. The molecule has 0 spiro atoms. The molecule has 0 amide bonds. The monoisotopic (exact) mass is 268 g/mol. The standard InChI is InChI=1S/C11H8N2O2S.ClH/c12-11-13-7-5-3-1-2-4-6(5)8(14)9(15)10(7)16-11;/h1-4,14-15H,(H2,12,13);1H. The molecule has 0 fully saturated rings. The molecule has 0 bridgehead atoms. The van der Waals surface area contributed by atoms with E-state index in [1.165, 1.54) is 0 Å². The Kier molecular flexibility index (Phi) is 2.73. The number of benzene rings is 2. The Labute approximate surface area is 107 Å². The zero-order valence-corrected chi connectivity index (χ0v) is 10.2. The lowest BCUT2D eigenvalue weighted by molar-refractivity contribution is 0.413. The van der Waals surface area contributed by atoms with Gasteiger partial charge in [0.05, 0.1) is 5.52 Å². The predicted octanol–water partition coefficient (Wildman–Crippen LogP) is 2.86. The summed E-state index contributed by atoms with van der Waals surface area (Å²) >= 11 is 1.16. The van der Waals surface area contributed by atoms with Gasteiger partial charge in [0.1, 0.15) is 4.70 Å². The molecule has 0 aliphatic carbocycles. The number of halogens is 1. The van der Waals surface area contributed by atoms with Crippen molar-refractivity contribution in [2.45, 2.75) is 0 Å². The van der Waals surface area contributed by atoms with E-state index in [2.05, 4.69) is 4.98 Å². The van der Waals surface area contributed by atoms with Gasteiger partial charge in [-0.2, -0.15) is 0 Å². The second-order valence-electron chi connectivity index (χ2n) is 3.47. The van der Waals surface area contributed by atoms with Crippen LogP contribution in [0.3, 0.4) is 0 Å². The molecule has 88 valence electrons. The Morgan fingerprint density at radius 3 is 2.41 bits per heavy atom. The zero-order valence-electron chi connectivity index (χ0n) is 8.54. The summed E-state index contributed by atoms with van der Waals surface area (Å²) in [5.74, 6) is -0.269. The van der Waals surface area contributed by atoms with Crippen molar-refractivity contribution in [1.29, 1.82) is 0 Å². The highest BCUT2D eigenvalue weighted by atomic mass is 35.5. The van der Waals surface area contributed by atoms with Crippen molar-refractivity contribution in [3.8, 4) is 11.5 Å². The van der Waals surface area contributed by atoms with Crippen molar-refractivity contribution < 1.29 is 10.2 Å². The Morgan fingerprint density at radius 1 is 1.06 bits per heavy atom. The summed E-state index contributed by atoms with van der Waals surface area (Å²) < 4.78 is 0.522.